The van der Waals surface area contributed by atoms with Gasteiger partial charge in [0.2, 0.25) is 0 Å². The first-order chi connectivity index (χ1) is 10.2. The zero-order valence-corrected chi connectivity index (χ0v) is 13.3. The molecule has 1 aliphatic carbocycles. The Hall–Kier alpha value is -1.26. The minimum absolute atomic E-state index is 0.184. The van der Waals surface area contributed by atoms with E-state index in [0.29, 0.717) is 12.0 Å². The summed E-state index contributed by atoms with van der Waals surface area (Å²) in [6, 6.07) is 9.63. The molecule has 1 saturated carbocycles. The van der Waals surface area contributed by atoms with Crippen LogP contribution in [0, 0.1) is 5.82 Å². The van der Waals surface area contributed by atoms with Crippen molar-refractivity contribution in [1.82, 2.24) is 10.3 Å². The molecular formula is C17H18BrFN2. The standard InChI is InChI=1S/C17H18BrFN2/c18-15-8-12(9-20-11-15)7-14(10-21-17-5-6-17)13-1-3-16(19)4-2-13/h1-4,8-9,11,14,17,21H,5-7,10H2. The van der Waals surface area contributed by atoms with E-state index in [1.807, 2.05) is 18.3 Å². The van der Waals surface area contributed by atoms with Crippen molar-refractivity contribution in [2.75, 3.05) is 6.54 Å². The van der Waals surface area contributed by atoms with Gasteiger partial charge in [-0.1, -0.05) is 12.1 Å². The lowest BCUT2D eigenvalue weighted by Gasteiger charge is -2.18. The van der Waals surface area contributed by atoms with Crippen LogP contribution in [0.2, 0.25) is 0 Å². The molecule has 110 valence electrons. The van der Waals surface area contributed by atoms with Gasteiger partial charge in [0, 0.05) is 35.4 Å². The van der Waals surface area contributed by atoms with Crippen molar-refractivity contribution in [2.24, 2.45) is 0 Å². The lowest BCUT2D eigenvalue weighted by Crippen LogP contribution is -2.24. The van der Waals surface area contributed by atoms with Gasteiger partial charge < -0.3 is 5.32 Å². The normalized spacial score (nSPS) is 15.9. The number of hydrogen-bond acceptors (Lipinski definition) is 2. The van der Waals surface area contributed by atoms with E-state index >= 15 is 0 Å². The van der Waals surface area contributed by atoms with Crippen LogP contribution in [0.3, 0.4) is 0 Å². The molecule has 1 fully saturated rings. The van der Waals surface area contributed by atoms with Crippen LogP contribution < -0.4 is 5.32 Å². The van der Waals surface area contributed by atoms with Gasteiger partial charge in [-0.3, -0.25) is 4.98 Å². The molecule has 0 bridgehead atoms. The van der Waals surface area contributed by atoms with E-state index in [1.54, 1.807) is 18.3 Å². The fourth-order valence-electron chi connectivity index (χ4n) is 2.49. The van der Waals surface area contributed by atoms with Gasteiger partial charge in [-0.15, -0.1) is 0 Å². The lowest BCUT2D eigenvalue weighted by atomic mass is 9.92. The van der Waals surface area contributed by atoms with Gasteiger partial charge in [0.15, 0.2) is 0 Å². The lowest BCUT2D eigenvalue weighted by molar-refractivity contribution is 0.573. The summed E-state index contributed by atoms with van der Waals surface area (Å²) in [4.78, 5) is 4.23. The minimum Gasteiger partial charge on any atom is -0.313 e. The topological polar surface area (TPSA) is 24.9 Å². The summed E-state index contributed by atoms with van der Waals surface area (Å²) >= 11 is 3.46. The van der Waals surface area contributed by atoms with Crippen LogP contribution in [-0.4, -0.2) is 17.6 Å². The summed E-state index contributed by atoms with van der Waals surface area (Å²) in [6.45, 7) is 0.919. The van der Waals surface area contributed by atoms with Crippen LogP contribution in [0.15, 0.2) is 47.2 Å². The fourth-order valence-corrected chi connectivity index (χ4v) is 2.90. The van der Waals surface area contributed by atoms with Crippen LogP contribution in [0.5, 0.6) is 0 Å². The van der Waals surface area contributed by atoms with Gasteiger partial charge in [0.05, 0.1) is 0 Å². The Kier molecular flexibility index (Phi) is 4.66. The zero-order valence-electron chi connectivity index (χ0n) is 11.7. The molecule has 21 heavy (non-hydrogen) atoms. The van der Waals surface area contributed by atoms with Crippen molar-refractivity contribution in [3.8, 4) is 0 Å². The van der Waals surface area contributed by atoms with Crippen molar-refractivity contribution in [3.63, 3.8) is 0 Å². The van der Waals surface area contributed by atoms with E-state index < -0.39 is 0 Å². The van der Waals surface area contributed by atoms with Crippen LogP contribution in [-0.2, 0) is 6.42 Å². The van der Waals surface area contributed by atoms with E-state index in [-0.39, 0.29) is 5.82 Å². The Balaban J connectivity index is 1.75. The number of nitrogens with one attached hydrogen (secondary N) is 1. The molecule has 0 radical (unpaired) electrons. The number of pyridine rings is 1. The Labute approximate surface area is 132 Å². The quantitative estimate of drug-likeness (QED) is 0.851. The maximum absolute atomic E-state index is 13.1. The molecule has 2 aromatic rings. The SMILES string of the molecule is Fc1ccc(C(CNC2CC2)Cc2cncc(Br)c2)cc1. The summed E-state index contributed by atoms with van der Waals surface area (Å²) in [6.07, 6.45) is 7.14. The number of benzene rings is 1. The van der Waals surface area contributed by atoms with E-state index in [0.717, 1.165) is 17.4 Å². The highest BCUT2D eigenvalue weighted by Gasteiger charge is 2.22. The molecular weight excluding hydrogens is 331 g/mol. The highest BCUT2D eigenvalue weighted by molar-refractivity contribution is 9.10. The summed E-state index contributed by atoms with van der Waals surface area (Å²) in [5, 5.41) is 3.58. The van der Waals surface area contributed by atoms with Crippen LogP contribution in [0.1, 0.15) is 29.9 Å². The van der Waals surface area contributed by atoms with E-state index in [9.17, 15) is 4.39 Å². The zero-order chi connectivity index (χ0) is 14.7. The molecule has 1 N–H and O–H groups in total. The molecule has 1 unspecified atom stereocenters. The third-order valence-electron chi connectivity index (χ3n) is 3.82. The third-order valence-corrected chi connectivity index (χ3v) is 4.25. The molecule has 0 saturated heterocycles. The van der Waals surface area contributed by atoms with Gasteiger partial charge in [0.25, 0.3) is 0 Å². The second-order valence-electron chi connectivity index (χ2n) is 5.65. The molecule has 1 aromatic carbocycles. The first-order valence-corrected chi connectivity index (χ1v) is 8.08. The number of nitrogens with zero attached hydrogens (tertiary/aromatic N) is 1. The molecule has 1 heterocycles. The largest absolute Gasteiger partial charge is 0.313 e. The van der Waals surface area contributed by atoms with Gasteiger partial charge in [-0.25, -0.2) is 4.39 Å². The number of aromatic nitrogens is 1. The van der Waals surface area contributed by atoms with Crippen molar-refractivity contribution in [2.45, 2.75) is 31.2 Å². The van der Waals surface area contributed by atoms with Crippen LogP contribution in [0.4, 0.5) is 4.39 Å². The molecule has 0 aliphatic heterocycles. The maximum Gasteiger partial charge on any atom is 0.123 e. The van der Waals surface area contributed by atoms with E-state index in [2.05, 4.69) is 32.3 Å². The molecule has 3 rings (SSSR count). The maximum atomic E-state index is 13.1. The van der Waals surface area contributed by atoms with Gasteiger partial charge in [0.1, 0.15) is 5.82 Å². The molecule has 1 aliphatic rings. The van der Waals surface area contributed by atoms with Gasteiger partial charge in [-0.2, -0.15) is 0 Å². The highest BCUT2D eigenvalue weighted by Crippen LogP contribution is 2.25. The third kappa shape index (κ3) is 4.35. The Morgan fingerprint density at radius 2 is 2.00 bits per heavy atom. The van der Waals surface area contributed by atoms with Gasteiger partial charge >= 0.3 is 0 Å². The van der Waals surface area contributed by atoms with Crippen LogP contribution >= 0.6 is 15.9 Å². The fraction of sp³-hybridized carbons (Fsp3) is 0.353. The number of hydrogen-bond donors (Lipinski definition) is 1. The van der Waals surface area contributed by atoms with E-state index in [1.165, 1.54) is 24.0 Å². The molecule has 2 nitrogen and oxygen atoms in total. The monoisotopic (exact) mass is 348 g/mol. The predicted octanol–water partition coefficient (Wildman–Crippen LogP) is 4.06. The Morgan fingerprint density at radius 1 is 1.24 bits per heavy atom. The van der Waals surface area contributed by atoms with Crippen molar-refractivity contribution in [3.05, 3.63) is 64.1 Å². The first kappa shape index (κ1) is 14.7. The Morgan fingerprint density at radius 3 is 2.67 bits per heavy atom. The van der Waals surface area contributed by atoms with E-state index in [4.69, 9.17) is 0 Å². The van der Waals surface area contributed by atoms with Crippen molar-refractivity contribution in [1.29, 1.82) is 0 Å². The average molecular weight is 349 g/mol. The molecule has 0 spiro atoms. The smallest absolute Gasteiger partial charge is 0.123 e. The molecule has 1 aromatic heterocycles. The number of halogens is 2. The molecule has 4 heteroatoms. The first-order valence-electron chi connectivity index (χ1n) is 7.29. The second kappa shape index (κ2) is 6.67. The summed E-state index contributed by atoms with van der Waals surface area (Å²) in [5.41, 5.74) is 2.36. The van der Waals surface area contributed by atoms with Crippen molar-refractivity contribution >= 4 is 15.9 Å². The summed E-state index contributed by atoms with van der Waals surface area (Å²) < 4.78 is 14.1. The average Bonchev–Trinajstić information content (AvgIpc) is 3.29. The summed E-state index contributed by atoms with van der Waals surface area (Å²) in [7, 11) is 0. The number of rotatable bonds is 6. The Bertz CT molecular complexity index is 596. The van der Waals surface area contributed by atoms with Crippen LogP contribution in [0.25, 0.3) is 0 Å². The molecule has 0 amide bonds. The molecule has 1 atom stereocenters. The van der Waals surface area contributed by atoms with Gasteiger partial charge in [-0.05, 0) is 64.5 Å². The minimum atomic E-state index is -0.184. The predicted molar refractivity (Wildman–Crippen MR) is 85.8 cm³/mol. The highest BCUT2D eigenvalue weighted by atomic mass is 79.9. The second-order valence-corrected chi connectivity index (χ2v) is 6.56. The van der Waals surface area contributed by atoms with Crippen molar-refractivity contribution < 1.29 is 4.39 Å². The summed E-state index contributed by atoms with van der Waals surface area (Å²) in [5.74, 6) is 0.152.